The number of nitrogens with one attached hydrogen (secondary N) is 1. The van der Waals surface area contributed by atoms with Crippen LogP contribution in [0.1, 0.15) is 18.4 Å². The molecule has 2 heterocycles. The van der Waals surface area contributed by atoms with Gasteiger partial charge in [-0.25, -0.2) is 4.98 Å². The molecular weight excluding hydrogens is 364 g/mol. The van der Waals surface area contributed by atoms with Crippen LogP contribution in [0, 0.1) is 0 Å². The van der Waals surface area contributed by atoms with Crippen LogP contribution in [0.3, 0.4) is 0 Å². The average Bonchev–Trinajstić information content (AvgIpc) is 3.17. The van der Waals surface area contributed by atoms with E-state index in [2.05, 4.69) is 31.2 Å². The number of nitrogens with two attached hydrogens (primary N) is 1. The Hall–Kier alpha value is -3.53. The van der Waals surface area contributed by atoms with Crippen molar-refractivity contribution in [3.8, 4) is 23.0 Å². The Labute approximate surface area is 162 Å². The summed E-state index contributed by atoms with van der Waals surface area (Å²) in [6.07, 6.45) is 4.77. The number of carbonyl (C=O) groups excluding carboxylic acids is 1. The van der Waals surface area contributed by atoms with Gasteiger partial charge in [-0.3, -0.25) is 9.78 Å². The molecule has 0 radical (unpaired) electrons. The molecule has 0 aliphatic rings. The van der Waals surface area contributed by atoms with Crippen molar-refractivity contribution in [2.24, 2.45) is 5.73 Å². The van der Waals surface area contributed by atoms with Crippen LogP contribution in [0.5, 0.6) is 11.5 Å². The molecule has 148 valence electrons. The van der Waals surface area contributed by atoms with Crippen molar-refractivity contribution in [2.75, 3.05) is 14.2 Å². The zero-order chi connectivity index (χ0) is 20.4. The molecule has 2 aromatic heterocycles. The Kier molecular flexibility index (Phi) is 7.85. The second-order valence-electron chi connectivity index (χ2n) is 5.51. The molecule has 1 aromatic carbocycles. The van der Waals surface area contributed by atoms with Gasteiger partial charge >= 0.3 is 0 Å². The summed E-state index contributed by atoms with van der Waals surface area (Å²) >= 11 is 0. The summed E-state index contributed by atoms with van der Waals surface area (Å²) in [4.78, 5) is 21.6. The fraction of sp³-hybridized carbons (Fsp3) is 0.278. The summed E-state index contributed by atoms with van der Waals surface area (Å²) in [7, 11) is 3.22. The molecular formula is C18H22N6O4. The minimum atomic E-state index is -0.333. The molecule has 28 heavy (non-hydrogen) atoms. The zero-order valence-electron chi connectivity index (χ0n) is 15.9. The van der Waals surface area contributed by atoms with E-state index in [0.29, 0.717) is 42.0 Å². The normalized spacial score (nSPS) is 9.96. The SMILES string of the molecule is CC(N)=O.COc1ccc(CNCc2nc(-c3cnccn3)no2)cc1OC. The summed E-state index contributed by atoms with van der Waals surface area (Å²) in [6, 6.07) is 5.76. The second-order valence-corrected chi connectivity index (χ2v) is 5.51. The quantitative estimate of drug-likeness (QED) is 0.615. The van der Waals surface area contributed by atoms with Crippen molar-refractivity contribution in [3.05, 3.63) is 48.2 Å². The molecule has 0 fully saturated rings. The van der Waals surface area contributed by atoms with E-state index in [1.54, 1.807) is 32.8 Å². The molecule has 10 nitrogen and oxygen atoms in total. The maximum absolute atomic E-state index is 9.22. The Morgan fingerprint density at radius 3 is 2.57 bits per heavy atom. The van der Waals surface area contributed by atoms with Gasteiger partial charge < -0.3 is 25.0 Å². The Bertz CT molecular complexity index is 881. The van der Waals surface area contributed by atoms with Crippen LogP contribution >= 0.6 is 0 Å². The fourth-order valence-electron chi connectivity index (χ4n) is 2.15. The Morgan fingerprint density at radius 1 is 1.18 bits per heavy atom. The third kappa shape index (κ3) is 6.32. The lowest BCUT2D eigenvalue weighted by Gasteiger charge is -2.09. The molecule has 1 amide bonds. The highest BCUT2D eigenvalue weighted by atomic mass is 16.5. The molecule has 0 atom stereocenters. The minimum Gasteiger partial charge on any atom is -0.493 e. The third-order valence-corrected chi connectivity index (χ3v) is 3.31. The fourth-order valence-corrected chi connectivity index (χ4v) is 2.15. The van der Waals surface area contributed by atoms with Gasteiger partial charge in [-0.15, -0.1) is 0 Å². The van der Waals surface area contributed by atoms with Crippen LogP contribution in [0.4, 0.5) is 0 Å². The maximum Gasteiger partial charge on any atom is 0.240 e. The van der Waals surface area contributed by atoms with E-state index in [9.17, 15) is 4.79 Å². The van der Waals surface area contributed by atoms with Gasteiger partial charge in [0.1, 0.15) is 5.69 Å². The largest absolute Gasteiger partial charge is 0.493 e. The van der Waals surface area contributed by atoms with Crippen molar-refractivity contribution < 1.29 is 18.8 Å². The highest BCUT2D eigenvalue weighted by Gasteiger charge is 2.10. The van der Waals surface area contributed by atoms with E-state index in [-0.39, 0.29) is 5.91 Å². The first-order valence-corrected chi connectivity index (χ1v) is 8.30. The number of carbonyl (C=O) groups is 1. The summed E-state index contributed by atoms with van der Waals surface area (Å²) in [5, 5.41) is 7.14. The standard InChI is InChI=1S/C16H17N5O3.C2H5NO/c1-22-13-4-3-11(7-14(13)23-2)8-18-10-15-20-16(21-24-15)12-9-17-5-6-19-12;1-2(3)4/h3-7,9,18H,8,10H2,1-2H3;1H3,(H2,3,4). The number of methoxy groups -OCH3 is 2. The first kappa shape index (κ1) is 20.8. The third-order valence-electron chi connectivity index (χ3n) is 3.31. The van der Waals surface area contributed by atoms with Crippen LogP contribution in [0.25, 0.3) is 11.5 Å². The number of ether oxygens (including phenoxy) is 2. The predicted octanol–water partition coefficient (Wildman–Crippen LogP) is 1.33. The highest BCUT2D eigenvalue weighted by molar-refractivity contribution is 5.70. The van der Waals surface area contributed by atoms with Crippen LogP contribution in [-0.4, -0.2) is 40.2 Å². The summed E-state index contributed by atoms with van der Waals surface area (Å²) in [5.74, 6) is 1.97. The minimum absolute atomic E-state index is 0.333. The van der Waals surface area contributed by atoms with Crippen molar-refractivity contribution in [3.63, 3.8) is 0 Å². The monoisotopic (exact) mass is 386 g/mol. The zero-order valence-corrected chi connectivity index (χ0v) is 15.9. The van der Waals surface area contributed by atoms with Gasteiger partial charge in [-0.05, 0) is 17.7 Å². The van der Waals surface area contributed by atoms with Gasteiger partial charge in [0.15, 0.2) is 11.5 Å². The molecule has 0 unspecified atom stereocenters. The second kappa shape index (κ2) is 10.6. The molecule has 3 N–H and O–H groups in total. The number of hydrogen-bond acceptors (Lipinski definition) is 9. The molecule has 0 bridgehead atoms. The van der Waals surface area contributed by atoms with Crippen molar-refractivity contribution >= 4 is 5.91 Å². The van der Waals surface area contributed by atoms with E-state index in [0.717, 1.165) is 5.56 Å². The average molecular weight is 386 g/mol. The molecule has 3 aromatic rings. The summed E-state index contributed by atoms with van der Waals surface area (Å²) in [5.41, 5.74) is 6.11. The van der Waals surface area contributed by atoms with Crippen LogP contribution in [0.2, 0.25) is 0 Å². The van der Waals surface area contributed by atoms with Crippen molar-refractivity contribution in [2.45, 2.75) is 20.0 Å². The number of hydrogen-bond donors (Lipinski definition) is 2. The number of amides is 1. The van der Waals surface area contributed by atoms with Crippen molar-refractivity contribution in [1.29, 1.82) is 0 Å². The Balaban J connectivity index is 0.000000640. The molecule has 0 aliphatic carbocycles. The number of rotatable bonds is 7. The molecule has 10 heteroatoms. The van der Waals surface area contributed by atoms with Crippen LogP contribution in [0.15, 0.2) is 41.3 Å². The van der Waals surface area contributed by atoms with Crippen molar-refractivity contribution in [1.82, 2.24) is 25.4 Å². The lowest BCUT2D eigenvalue weighted by Crippen LogP contribution is -2.13. The van der Waals surface area contributed by atoms with Gasteiger partial charge in [-0.2, -0.15) is 4.98 Å². The molecule has 0 saturated heterocycles. The predicted molar refractivity (Wildman–Crippen MR) is 100 cm³/mol. The molecule has 0 spiro atoms. The maximum atomic E-state index is 9.22. The molecule has 3 rings (SSSR count). The van der Waals surface area contributed by atoms with Gasteiger partial charge in [0.2, 0.25) is 17.6 Å². The van der Waals surface area contributed by atoms with Gasteiger partial charge in [-0.1, -0.05) is 11.2 Å². The van der Waals surface area contributed by atoms with Crippen LogP contribution in [-0.2, 0) is 17.9 Å². The first-order valence-electron chi connectivity index (χ1n) is 8.30. The van der Waals surface area contributed by atoms with Gasteiger partial charge in [0.05, 0.1) is 27.0 Å². The molecule has 0 saturated carbocycles. The van der Waals surface area contributed by atoms with Gasteiger partial charge in [0, 0.05) is 25.9 Å². The van der Waals surface area contributed by atoms with E-state index in [1.165, 1.54) is 6.92 Å². The number of aromatic nitrogens is 4. The smallest absolute Gasteiger partial charge is 0.240 e. The first-order chi connectivity index (χ1) is 13.5. The summed E-state index contributed by atoms with van der Waals surface area (Å²) in [6.45, 7) is 2.38. The lowest BCUT2D eigenvalue weighted by molar-refractivity contribution is -0.115. The Morgan fingerprint density at radius 2 is 1.93 bits per heavy atom. The number of nitrogens with zero attached hydrogens (tertiary/aromatic N) is 4. The lowest BCUT2D eigenvalue weighted by atomic mass is 10.2. The van der Waals surface area contributed by atoms with E-state index in [1.807, 2.05) is 18.2 Å². The number of primary amides is 1. The topological polar surface area (TPSA) is 138 Å². The van der Waals surface area contributed by atoms with Crippen LogP contribution < -0.4 is 20.5 Å². The van der Waals surface area contributed by atoms with E-state index in [4.69, 9.17) is 14.0 Å². The van der Waals surface area contributed by atoms with E-state index >= 15 is 0 Å². The highest BCUT2D eigenvalue weighted by Crippen LogP contribution is 2.27. The molecule has 0 aliphatic heterocycles. The van der Waals surface area contributed by atoms with Gasteiger partial charge in [0.25, 0.3) is 0 Å². The van der Waals surface area contributed by atoms with E-state index < -0.39 is 0 Å². The summed E-state index contributed by atoms with van der Waals surface area (Å²) < 4.78 is 15.7. The number of benzene rings is 1.